The van der Waals surface area contributed by atoms with Crippen LogP contribution in [-0.2, 0) is 11.3 Å². The Morgan fingerprint density at radius 2 is 2.32 bits per heavy atom. The summed E-state index contributed by atoms with van der Waals surface area (Å²) in [7, 11) is 1.80. The average Bonchev–Trinajstić information content (AvgIpc) is 3.36. The summed E-state index contributed by atoms with van der Waals surface area (Å²) in [6, 6.07) is 4.42. The number of fused-ring (bicyclic) bond motifs is 2. The number of nitrogens with zero attached hydrogens (tertiary/aromatic N) is 4. The minimum Gasteiger partial charge on any atom is -0.373 e. The lowest BCUT2D eigenvalue weighted by Gasteiger charge is -2.22. The van der Waals surface area contributed by atoms with Crippen LogP contribution in [0.25, 0.3) is 5.82 Å². The van der Waals surface area contributed by atoms with Crippen LogP contribution in [0.1, 0.15) is 24.8 Å². The van der Waals surface area contributed by atoms with Gasteiger partial charge >= 0.3 is 0 Å². The Bertz CT molecular complexity index is 702. The second-order valence-electron chi connectivity index (χ2n) is 6.28. The number of guanidine groups is 1. The first-order valence-electron chi connectivity index (χ1n) is 8.38. The summed E-state index contributed by atoms with van der Waals surface area (Å²) < 4.78 is 7.76. The van der Waals surface area contributed by atoms with Crippen LogP contribution in [0.3, 0.4) is 0 Å². The van der Waals surface area contributed by atoms with Gasteiger partial charge < -0.3 is 15.4 Å². The van der Waals surface area contributed by atoms with Gasteiger partial charge in [0.25, 0.3) is 0 Å². The van der Waals surface area contributed by atoms with E-state index in [0.717, 1.165) is 30.2 Å². The molecule has 25 heavy (non-hydrogen) atoms. The number of ether oxygens (including phenoxy) is 1. The van der Waals surface area contributed by atoms with Crippen molar-refractivity contribution >= 4 is 29.9 Å². The number of hydrogen-bond acceptors (Lipinski definition) is 4. The highest BCUT2D eigenvalue weighted by Gasteiger charge is 2.41. The van der Waals surface area contributed by atoms with E-state index < -0.39 is 0 Å². The normalized spacial score (nSPS) is 24.8. The third-order valence-electron chi connectivity index (χ3n) is 4.69. The molecule has 3 unspecified atom stereocenters. The van der Waals surface area contributed by atoms with E-state index in [1.807, 2.05) is 23.0 Å². The van der Waals surface area contributed by atoms with Crippen LogP contribution in [0.2, 0.25) is 0 Å². The molecule has 4 heterocycles. The molecule has 8 heteroatoms. The van der Waals surface area contributed by atoms with Gasteiger partial charge in [-0.1, -0.05) is 6.07 Å². The zero-order valence-corrected chi connectivity index (χ0v) is 16.5. The maximum atomic E-state index is 5.88. The van der Waals surface area contributed by atoms with Gasteiger partial charge in [-0.2, -0.15) is 0 Å². The van der Waals surface area contributed by atoms with Gasteiger partial charge in [-0.15, -0.1) is 24.0 Å². The van der Waals surface area contributed by atoms with Crippen LogP contribution in [0.4, 0.5) is 0 Å². The van der Waals surface area contributed by atoms with Crippen LogP contribution in [-0.4, -0.2) is 45.8 Å². The Labute approximate surface area is 164 Å². The van der Waals surface area contributed by atoms with Gasteiger partial charge in [0.15, 0.2) is 5.96 Å². The molecule has 0 aliphatic carbocycles. The topological polar surface area (TPSA) is 76.4 Å². The van der Waals surface area contributed by atoms with E-state index in [9.17, 15) is 0 Å². The highest BCUT2D eigenvalue weighted by atomic mass is 127. The van der Waals surface area contributed by atoms with Gasteiger partial charge in [-0.3, -0.25) is 9.56 Å². The smallest absolute Gasteiger partial charge is 0.191 e. The second kappa shape index (κ2) is 8.13. The molecule has 0 radical (unpaired) electrons. The van der Waals surface area contributed by atoms with Crippen LogP contribution in [0, 0.1) is 0 Å². The summed E-state index contributed by atoms with van der Waals surface area (Å²) in [5.74, 6) is 1.67. The summed E-state index contributed by atoms with van der Waals surface area (Å²) in [6.45, 7) is 0.679. The molecule has 0 aromatic carbocycles. The molecule has 2 aliphatic rings. The first-order chi connectivity index (χ1) is 11.8. The Morgan fingerprint density at radius 1 is 1.40 bits per heavy atom. The van der Waals surface area contributed by atoms with Crippen LogP contribution in [0.15, 0.2) is 42.0 Å². The van der Waals surface area contributed by atoms with Crippen molar-refractivity contribution in [3.8, 4) is 5.82 Å². The van der Waals surface area contributed by atoms with E-state index in [4.69, 9.17) is 4.74 Å². The van der Waals surface area contributed by atoms with Gasteiger partial charge in [0.1, 0.15) is 12.1 Å². The summed E-state index contributed by atoms with van der Waals surface area (Å²) in [4.78, 5) is 12.8. The molecule has 2 N–H and O–H groups in total. The molecule has 0 amide bonds. The summed E-state index contributed by atoms with van der Waals surface area (Å²) >= 11 is 0. The lowest BCUT2D eigenvalue weighted by molar-refractivity contribution is 0.0992. The molecule has 2 saturated heterocycles. The Hall–Kier alpha value is -1.68. The first kappa shape index (κ1) is 18.1. The van der Waals surface area contributed by atoms with Crippen molar-refractivity contribution in [2.75, 3.05) is 7.05 Å². The van der Waals surface area contributed by atoms with Crippen LogP contribution < -0.4 is 10.6 Å². The second-order valence-corrected chi connectivity index (χ2v) is 6.28. The molecule has 0 saturated carbocycles. The predicted octanol–water partition coefficient (Wildman–Crippen LogP) is 1.87. The standard InChI is InChI=1S/C17H22N6O.HI/c1-18-17(22-14-8-13-3-4-15(14)24-13)21-10-12-2-5-16(20-9-12)23-7-6-19-11-23;/h2,5-7,9,11,13-15H,3-4,8,10H2,1H3,(H2,18,21,22);1H. The van der Waals surface area contributed by atoms with E-state index in [0.29, 0.717) is 24.8 Å². The Balaban J connectivity index is 0.00000182. The number of aliphatic imine (C=N–C) groups is 1. The largest absolute Gasteiger partial charge is 0.373 e. The molecule has 3 atom stereocenters. The number of hydrogen-bond donors (Lipinski definition) is 2. The van der Waals surface area contributed by atoms with Gasteiger partial charge in [0.05, 0.1) is 18.2 Å². The molecule has 0 spiro atoms. The zero-order valence-electron chi connectivity index (χ0n) is 14.1. The van der Waals surface area contributed by atoms with Crippen molar-refractivity contribution in [3.05, 3.63) is 42.6 Å². The van der Waals surface area contributed by atoms with Crippen molar-refractivity contribution in [2.45, 2.75) is 44.1 Å². The van der Waals surface area contributed by atoms with Crippen molar-refractivity contribution in [3.63, 3.8) is 0 Å². The fraction of sp³-hybridized carbons (Fsp3) is 0.471. The maximum absolute atomic E-state index is 5.88. The zero-order chi connectivity index (χ0) is 16.4. The molecular weight excluding hydrogens is 431 g/mol. The van der Waals surface area contributed by atoms with Crippen molar-refractivity contribution in [1.82, 2.24) is 25.2 Å². The highest BCUT2D eigenvalue weighted by molar-refractivity contribution is 14.0. The maximum Gasteiger partial charge on any atom is 0.191 e. The SMILES string of the molecule is CN=C(NCc1ccc(-n2ccnc2)nc1)NC1CC2CCC1O2.I. The van der Waals surface area contributed by atoms with Gasteiger partial charge in [-0.05, 0) is 30.9 Å². The molecule has 2 aromatic rings. The third kappa shape index (κ3) is 4.12. The van der Waals surface area contributed by atoms with Crippen LogP contribution in [0.5, 0.6) is 0 Å². The summed E-state index contributed by atoms with van der Waals surface area (Å²) in [5, 5.41) is 6.83. The number of aromatic nitrogens is 3. The Kier molecular flexibility index (Phi) is 5.89. The number of pyridine rings is 1. The minimum absolute atomic E-state index is 0. The van der Waals surface area contributed by atoms with E-state index in [1.165, 1.54) is 6.42 Å². The fourth-order valence-electron chi connectivity index (χ4n) is 3.41. The Morgan fingerprint density at radius 3 is 2.92 bits per heavy atom. The van der Waals surface area contributed by atoms with Crippen LogP contribution >= 0.6 is 24.0 Å². The predicted molar refractivity (Wildman–Crippen MR) is 106 cm³/mol. The first-order valence-corrected chi connectivity index (χ1v) is 8.38. The molecule has 7 nitrogen and oxygen atoms in total. The lowest BCUT2D eigenvalue weighted by atomic mass is 9.96. The van der Waals surface area contributed by atoms with Gasteiger partial charge in [0.2, 0.25) is 0 Å². The number of nitrogens with one attached hydrogen (secondary N) is 2. The highest BCUT2D eigenvalue weighted by Crippen LogP contribution is 2.34. The third-order valence-corrected chi connectivity index (χ3v) is 4.69. The number of rotatable bonds is 4. The van der Waals surface area contributed by atoms with E-state index in [2.05, 4.69) is 31.7 Å². The summed E-state index contributed by atoms with van der Waals surface area (Å²) in [6.07, 6.45) is 11.4. The minimum atomic E-state index is 0. The lowest BCUT2D eigenvalue weighted by Crippen LogP contribution is -2.47. The fourth-order valence-corrected chi connectivity index (χ4v) is 3.41. The molecular formula is C17H23IN6O. The number of halogens is 1. The molecule has 2 fully saturated rings. The molecule has 134 valence electrons. The molecule has 4 rings (SSSR count). The van der Waals surface area contributed by atoms with Gasteiger partial charge in [-0.25, -0.2) is 9.97 Å². The van der Waals surface area contributed by atoms with Crippen molar-refractivity contribution in [2.24, 2.45) is 4.99 Å². The quantitative estimate of drug-likeness (QED) is 0.419. The van der Waals surface area contributed by atoms with Crippen molar-refractivity contribution in [1.29, 1.82) is 0 Å². The summed E-state index contributed by atoms with van der Waals surface area (Å²) in [5.41, 5.74) is 1.10. The number of imidazole rings is 1. The monoisotopic (exact) mass is 454 g/mol. The molecule has 2 aromatic heterocycles. The molecule has 2 bridgehead atoms. The van der Waals surface area contributed by atoms with Gasteiger partial charge in [0, 0.05) is 32.2 Å². The van der Waals surface area contributed by atoms with E-state index in [-0.39, 0.29) is 24.0 Å². The van der Waals surface area contributed by atoms with E-state index >= 15 is 0 Å². The van der Waals surface area contributed by atoms with E-state index in [1.54, 1.807) is 19.6 Å². The average molecular weight is 454 g/mol. The van der Waals surface area contributed by atoms with Crippen molar-refractivity contribution < 1.29 is 4.74 Å². The molecule has 2 aliphatic heterocycles.